The molecule has 0 unspecified atom stereocenters. The summed E-state index contributed by atoms with van der Waals surface area (Å²) in [6, 6.07) is 6.38. The Kier molecular flexibility index (Phi) is 2.78. The Morgan fingerprint density at radius 3 is 2.95 bits per heavy atom. The average Bonchev–Trinajstić information content (AvgIpc) is 3.23. The number of aromatic amines is 1. The number of aromatic nitrogens is 6. The second kappa shape index (κ2) is 4.80. The van der Waals surface area contributed by atoms with Crippen molar-refractivity contribution >= 4 is 11.2 Å². The molecule has 3 heterocycles. The number of benzene rings is 1. The third kappa shape index (κ3) is 1.90. The first-order valence-corrected chi connectivity index (χ1v) is 6.97. The van der Waals surface area contributed by atoms with Gasteiger partial charge in [0, 0.05) is 24.5 Å². The normalized spacial score (nSPS) is 11.4. The summed E-state index contributed by atoms with van der Waals surface area (Å²) in [5, 5.41) is 8.44. The predicted octanol–water partition coefficient (Wildman–Crippen LogP) is 2.77. The highest BCUT2D eigenvalue weighted by Gasteiger charge is 2.15. The molecule has 110 valence electrons. The van der Waals surface area contributed by atoms with Gasteiger partial charge in [-0.2, -0.15) is 10.2 Å². The highest BCUT2D eigenvalue weighted by Crippen LogP contribution is 2.27. The molecular formula is C15H13FN6. The van der Waals surface area contributed by atoms with Crippen LogP contribution in [-0.4, -0.2) is 29.5 Å². The molecule has 0 bridgehead atoms. The SMILES string of the molecule is CCn1ncc2[nH]c(-c3cc(F)ccc3-n3cccn3)nc21. The molecule has 0 aliphatic carbocycles. The van der Waals surface area contributed by atoms with Crippen molar-refractivity contribution in [2.45, 2.75) is 13.5 Å². The van der Waals surface area contributed by atoms with Crippen LogP contribution in [0.4, 0.5) is 4.39 Å². The molecule has 7 heteroatoms. The standard InChI is InChI=1S/C15H13FN6/c1-2-21-15-12(9-18-21)19-14(20-15)11-8-10(16)4-5-13(11)22-7-3-6-17-22/h3-9H,2H2,1H3,(H,19,20). The van der Waals surface area contributed by atoms with Gasteiger partial charge in [-0.05, 0) is 31.2 Å². The quantitative estimate of drug-likeness (QED) is 0.632. The minimum atomic E-state index is -0.316. The molecule has 0 aliphatic heterocycles. The monoisotopic (exact) mass is 296 g/mol. The lowest BCUT2D eigenvalue weighted by Gasteiger charge is -2.07. The van der Waals surface area contributed by atoms with E-state index in [1.165, 1.54) is 12.1 Å². The van der Waals surface area contributed by atoms with Gasteiger partial charge in [-0.25, -0.2) is 18.7 Å². The molecular weight excluding hydrogens is 283 g/mol. The zero-order chi connectivity index (χ0) is 15.1. The first kappa shape index (κ1) is 12.8. The topological polar surface area (TPSA) is 64.3 Å². The number of nitrogens with zero attached hydrogens (tertiary/aromatic N) is 5. The van der Waals surface area contributed by atoms with Crippen LogP contribution in [0.15, 0.2) is 42.9 Å². The fraction of sp³-hybridized carbons (Fsp3) is 0.133. The number of halogens is 1. The van der Waals surface area contributed by atoms with E-state index in [9.17, 15) is 4.39 Å². The molecule has 1 N–H and O–H groups in total. The highest BCUT2D eigenvalue weighted by molar-refractivity contribution is 5.78. The largest absolute Gasteiger partial charge is 0.335 e. The molecule has 0 saturated carbocycles. The van der Waals surface area contributed by atoms with E-state index in [4.69, 9.17) is 0 Å². The summed E-state index contributed by atoms with van der Waals surface area (Å²) < 4.78 is 17.2. The van der Waals surface area contributed by atoms with Gasteiger partial charge in [-0.15, -0.1) is 0 Å². The molecule has 0 atom stereocenters. The molecule has 0 spiro atoms. The van der Waals surface area contributed by atoms with Crippen molar-refractivity contribution < 1.29 is 4.39 Å². The van der Waals surface area contributed by atoms with Gasteiger partial charge in [0.05, 0.1) is 11.9 Å². The minimum Gasteiger partial charge on any atom is -0.335 e. The van der Waals surface area contributed by atoms with Crippen molar-refractivity contribution in [1.29, 1.82) is 0 Å². The second-order valence-electron chi connectivity index (χ2n) is 4.90. The number of rotatable bonds is 3. The summed E-state index contributed by atoms with van der Waals surface area (Å²) in [7, 11) is 0. The Labute approximate surface area is 125 Å². The maximum Gasteiger partial charge on any atom is 0.176 e. The molecule has 0 amide bonds. The van der Waals surface area contributed by atoms with E-state index in [0.29, 0.717) is 11.4 Å². The summed E-state index contributed by atoms with van der Waals surface area (Å²) in [6.45, 7) is 2.72. The Morgan fingerprint density at radius 1 is 1.27 bits per heavy atom. The number of hydrogen-bond donors (Lipinski definition) is 1. The predicted molar refractivity (Wildman–Crippen MR) is 80.1 cm³/mol. The van der Waals surface area contributed by atoms with Crippen LogP contribution < -0.4 is 0 Å². The van der Waals surface area contributed by atoms with E-state index in [2.05, 4.69) is 20.2 Å². The highest BCUT2D eigenvalue weighted by atomic mass is 19.1. The molecule has 0 saturated heterocycles. The lowest BCUT2D eigenvalue weighted by atomic mass is 10.1. The Balaban J connectivity index is 1.93. The molecule has 6 nitrogen and oxygen atoms in total. The van der Waals surface area contributed by atoms with Gasteiger partial charge in [0.25, 0.3) is 0 Å². The summed E-state index contributed by atoms with van der Waals surface area (Å²) in [5.41, 5.74) is 3.00. The van der Waals surface area contributed by atoms with Crippen molar-refractivity contribution in [3.8, 4) is 17.1 Å². The average molecular weight is 296 g/mol. The van der Waals surface area contributed by atoms with E-state index in [-0.39, 0.29) is 5.82 Å². The lowest BCUT2D eigenvalue weighted by molar-refractivity contribution is 0.627. The first-order valence-electron chi connectivity index (χ1n) is 6.97. The van der Waals surface area contributed by atoms with Crippen LogP contribution in [0.1, 0.15) is 6.92 Å². The molecule has 1 aromatic carbocycles. The maximum absolute atomic E-state index is 13.7. The van der Waals surface area contributed by atoms with Gasteiger partial charge in [0.2, 0.25) is 0 Å². The number of fused-ring (bicyclic) bond motifs is 1. The molecule has 4 rings (SSSR count). The number of imidazole rings is 1. The van der Waals surface area contributed by atoms with Crippen molar-refractivity contribution in [3.05, 3.63) is 48.7 Å². The number of nitrogens with one attached hydrogen (secondary N) is 1. The van der Waals surface area contributed by atoms with E-state index in [1.807, 2.05) is 19.2 Å². The Bertz CT molecular complexity index is 934. The summed E-state index contributed by atoms with van der Waals surface area (Å²) in [4.78, 5) is 7.76. The van der Waals surface area contributed by atoms with Gasteiger partial charge in [-0.3, -0.25) is 0 Å². The fourth-order valence-electron chi connectivity index (χ4n) is 2.51. The molecule has 4 aromatic rings. The van der Waals surface area contributed by atoms with Crippen molar-refractivity contribution in [3.63, 3.8) is 0 Å². The lowest BCUT2D eigenvalue weighted by Crippen LogP contribution is -2.00. The van der Waals surface area contributed by atoms with Gasteiger partial charge >= 0.3 is 0 Å². The Morgan fingerprint density at radius 2 is 2.18 bits per heavy atom. The van der Waals surface area contributed by atoms with Gasteiger partial charge < -0.3 is 4.98 Å². The summed E-state index contributed by atoms with van der Waals surface area (Å²) >= 11 is 0. The van der Waals surface area contributed by atoms with Crippen molar-refractivity contribution in [2.75, 3.05) is 0 Å². The van der Waals surface area contributed by atoms with E-state index in [1.54, 1.807) is 27.8 Å². The molecule has 22 heavy (non-hydrogen) atoms. The van der Waals surface area contributed by atoms with E-state index in [0.717, 1.165) is 23.4 Å². The van der Waals surface area contributed by atoms with Crippen molar-refractivity contribution in [2.24, 2.45) is 0 Å². The van der Waals surface area contributed by atoms with Gasteiger partial charge in [-0.1, -0.05) is 0 Å². The minimum absolute atomic E-state index is 0.316. The summed E-state index contributed by atoms with van der Waals surface area (Å²) in [6.07, 6.45) is 5.22. The van der Waals surface area contributed by atoms with E-state index < -0.39 is 0 Å². The fourth-order valence-corrected chi connectivity index (χ4v) is 2.51. The maximum atomic E-state index is 13.7. The number of H-pyrrole nitrogens is 1. The zero-order valence-corrected chi connectivity index (χ0v) is 11.9. The van der Waals surface area contributed by atoms with Crippen LogP contribution in [0.3, 0.4) is 0 Å². The number of aryl methyl sites for hydroxylation is 1. The molecule has 0 aliphatic rings. The van der Waals surface area contributed by atoms with Crippen LogP contribution in [0.2, 0.25) is 0 Å². The van der Waals surface area contributed by atoms with Gasteiger partial charge in [0.15, 0.2) is 5.65 Å². The second-order valence-corrected chi connectivity index (χ2v) is 4.90. The van der Waals surface area contributed by atoms with Crippen molar-refractivity contribution in [1.82, 2.24) is 29.5 Å². The molecule has 0 fully saturated rings. The number of hydrogen-bond acceptors (Lipinski definition) is 3. The first-order chi connectivity index (χ1) is 10.8. The molecule has 3 aromatic heterocycles. The van der Waals surface area contributed by atoms with Crippen LogP contribution in [0, 0.1) is 5.82 Å². The van der Waals surface area contributed by atoms with Crippen LogP contribution in [0.5, 0.6) is 0 Å². The third-order valence-corrected chi connectivity index (χ3v) is 3.55. The third-order valence-electron chi connectivity index (χ3n) is 3.55. The zero-order valence-electron chi connectivity index (χ0n) is 11.9. The van der Waals surface area contributed by atoms with Crippen LogP contribution >= 0.6 is 0 Å². The van der Waals surface area contributed by atoms with Crippen LogP contribution in [0.25, 0.3) is 28.2 Å². The smallest absolute Gasteiger partial charge is 0.176 e. The Hall–Kier alpha value is -2.96. The molecule has 0 radical (unpaired) electrons. The van der Waals surface area contributed by atoms with Gasteiger partial charge in [0.1, 0.15) is 17.2 Å². The van der Waals surface area contributed by atoms with E-state index >= 15 is 0 Å². The van der Waals surface area contributed by atoms with Crippen LogP contribution in [-0.2, 0) is 6.54 Å². The summed E-state index contributed by atoms with van der Waals surface area (Å²) in [5.74, 6) is 0.281.